The smallest absolute Gasteiger partial charge is 0.344 e. The molecule has 1 amide bonds. The lowest BCUT2D eigenvalue weighted by atomic mass is 9.90. The molecule has 28 heavy (non-hydrogen) atoms. The Bertz CT molecular complexity index is 931. The highest BCUT2D eigenvalue weighted by atomic mass is 32.1. The first-order valence-corrected chi connectivity index (χ1v) is 9.41. The number of carbonyl (C=O) groups is 3. The van der Waals surface area contributed by atoms with Crippen molar-refractivity contribution < 1.29 is 29.3 Å². The van der Waals surface area contributed by atoms with Gasteiger partial charge in [-0.3, -0.25) is 9.59 Å². The first-order valence-electron chi connectivity index (χ1n) is 8.59. The van der Waals surface area contributed by atoms with Crippen LogP contribution in [0, 0.1) is 13.8 Å². The molecule has 0 saturated carbocycles. The summed E-state index contributed by atoms with van der Waals surface area (Å²) in [6.45, 7) is 8.05. The number of amides is 1. The van der Waals surface area contributed by atoms with Crippen molar-refractivity contribution in [3.05, 3.63) is 45.8 Å². The number of nitrogens with one attached hydrogen (secondary N) is 1. The monoisotopic (exact) mass is 405 g/mol. The largest absolute Gasteiger partial charge is 0.499 e. The third kappa shape index (κ3) is 4.69. The van der Waals surface area contributed by atoms with Gasteiger partial charge in [0.25, 0.3) is 5.91 Å². The van der Waals surface area contributed by atoms with E-state index in [4.69, 9.17) is 9.84 Å². The quantitative estimate of drug-likeness (QED) is 0.609. The fourth-order valence-corrected chi connectivity index (χ4v) is 3.45. The molecule has 1 aromatic carbocycles. The number of aromatic hydroxyl groups is 1. The van der Waals surface area contributed by atoms with Gasteiger partial charge < -0.3 is 20.3 Å². The highest BCUT2D eigenvalue weighted by Gasteiger charge is 2.32. The Balaban J connectivity index is 2.20. The van der Waals surface area contributed by atoms with E-state index in [1.807, 2.05) is 0 Å². The molecule has 0 saturated heterocycles. The van der Waals surface area contributed by atoms with Crippen LogP contribution in [-0.2, 0) is 4.79 Å². The summed E-state index contributed by atoms with van der Waals surface area (Å²) in [5.74, 6) is -1.48. The third-order valence-electron chi connectivity index (χ3n) is 4.21. The molecule has 0 aliphatic heterocycles. The van der Waals surface area contributed by atoms with E-state index in [1.165, 1.54) is 19.1 Å². The molecular weight excluding hydrogens is 382 g/mol. The van der Waals surface area contributed by atoms with Gasteiger partial charge in [-0.05, 0) is 70.0 Å². The fraction of sp³-hybridized carbons (Fsp3) is 0.350. The summed E-state index contributed by atoms with van der Waals surface area (Å²) in [5, 5.41) is 21.2. The van der Waals surface area contributed by atoms with Crippen LogP contribution in [0.1, 0.15) is 51.9 Å². The van der Waals surface area contributed by atoms with Gasteiger partial charge in [0.15, 0.2) is 17.0 Å². The molecular formula is C20H23NO6S. The molecule has 1 aromatic heterocycles. The summed E-state index contributed by atoms with van der Waals surface area (Å²) in [5.41, 5.74) is 0.442. The number of carbonyl (C=O) groups excluding carboxylic acids is 2. The van der Waals surface area contributed by atoms with Crippen molar-refractivity contribution in [2.45, 2.75) is 46.3 Å². The molecule has 0 fully saturated rings. The number of carboxylic acid groups (broad SMARTS) is 1. The molecule has 8 heteroatoms. The van der Waals surface area contributed by atoms with Gasteiger partial charge in [0, 0.05) is 5.56 Å². The molecule has 0 radical (unpaired) electrons. The average Bonchev–Trinajstić information content (AvgIpc) is 2.92. The van der Waals surface area contributed by atoms with E-state index in [-0.39, 0.29) is 10.8 Å². The van der Waals surface area contributed by atoms with E-state index in [0.29, 0.717) is 27.3 Å². The summed E-state index contributed by atoms with van der Waals surface area (Å²) in [4.78, 5) is 36.8. The summed E-state index contributed by atoms with van der Waals surface area (Å²) >= 11 is 0.951. The van der Waals surface area contributed by atoms with E-state index in [1.54, 1.807) is 39.8 Å². The minimum absolute atomic E-state index is 0.0359. The molecule has 7 nitrogen and oxygen atoms in total. The molecule has 1 atom stereocenters. The Labute approximate surface area is 167 Å². The van der Waals surface area contributed by atoms with Crippen molar-refractivity contribution >= 4 is 29.0 Å². The molecule has 0 aliphatic carbocycles. The van der Waals surface area contributed by atoms with Crippen LogP contribution in [0.25, 0.3) is 0 Å². The second kappa shape index (κ2) is 8.02. The van der Waals surface area contributed by atoms with Crippen molar-refractivity contribution in [3.63, 3.8) is 0 Å². The number of aryl methyl sites for hydroxylation is 2. The highest BCUT2D eigenvalue weighted by molar-refractivity contribution is 7.15. The number of benzene rings is 1. The molecule has 0 spiro atoms. The van der Waals surface area contributed by atoms with Crippen molar-refractivity contribution in [1.82, 2.24) is 5.32 Å². The van der Waals surface area contributed by atoms with Gasteiger partial charge in [-0.2, -0.15) is 0 Å². The normalized spacial score (nSPS) is 12.3. The molecule has 2 aromatic rings. The summed E-state index contributed by atoms with van der Waals surface area (Å²) < 4.78 is 5.31. The Kier molecular flexibility index (Phi) is 6.14. The molecule has 1 heterocycles. The van der Waals surface area contributed by atoms with Crippen LogP contribution < -0.4 is 10.1 Å². The summed E-state index contributed by atoms with van der Waals surface area (Å²) in [6, 6.07) is 6.16. The van der Waals surface area contributed by atoms with Crippen molar-refractivity contribution in [2.75, 3.05) is 0 Å². The summed E-state index contributed by atoms with van der Waals surface area (Å²) in [6.07, 6.45) is -1.01. The van der Waals surface area contributed by atoms with Crippen LogP contribution in [0.15, 0.2) is 24.3 Å². The van der Waals surface area contributed by atoms with Crippen LogP contribution in [0.4, 0.5) is 0 Å². The lowest BCUT2D eigenvalue weighted by Gasteiger charge is -2.25. The number of rotatable bonds is 7. The number of ether oxygens (including phenoxy) is 1. The van der Waals surface area contributed by atoms with E-state index in [0.717, 1.165) is 11.3 Å². The zero-order valence-electron chi connectivity index (χ0n) is 16.3. The van der Waals surface area contributed by atoms with Crippen LogP contribution in [0.2, 0.25) is 0 Å². The predicted molar refractivity (Wildman–Crippen MR) is 106 cm³/mol. The lowest BCUT2D eigenvalue weighted by molar-refractivity contribution is -0.144. The third-order valence-corrected chi connectivity index (χ3v) is 5.25. The Hall–Kier alpha value is -2.87. The molecule has 1 unspecified atom stereocenters. The van der Waals surface area contributed by atoms with Gasteiger partial charge in [-0.1, -0.05) is 11.3 Å². The second-order valence-electron chi connectivity index (χ2n) is 7.08. The summed E-state index contributed by atoms with van der Waals surface area (Å²) in [7, 11) is 0. The standard InChI is InChI=1S/C20H23NO6S/c1-10-8-13(27-12(3)19(25)26)6-7-14(10)17(23)20(4,5)21-18(24)16-11(2)9-15(22)28-16/h6-9,12,22H,1-5H3,(H,21,24)(H,25,26). The van der Waals surface area contributed by atoms with Gasteiger partial charge in [-0.25, -0.2) is 4.79 Å². The Morgan fingerprint density at radius 1 is 1.14 bits per heavy atom. The highest BCUT2D eigenvalue weighted by Crippen LogP contribution is 2.28. The van der Waals surface area contributed by atoms with Crippen LogP contribution >= 0.6 is 11.3 Å². The van der Waals surface area contributed by atoms with Gasteiger partial charge in [0.1, 0.15) is 5.75 Å². The lowest BCUT2D eigenvalue weighted by Crippen LogP contribution is -2.49. The molecule has 0 aliphatic rings. The number of hydrogen-bond acceptors (Lipinski definition) is 6. The predicted octanol–water partition coefficient (Wildman–Crippen LogP) is 3.31. The zero-order valence-corrected chi connectivity index (χ0v) is 17.1. The van der Waals surface area contributed by atoms with Crippen molar-refractivity contribution in [1.29, 1.82) is 0 Å². The van der Waals surface area contributed by atoms with Gasteiger partial charge in [0.2, 0.25) is 0 Å². The van der Waals surface area contributed by atoms with E-state index in [9.17, 15) is 19.5 Å². The van der Waals surface area contributed by atoms with E-state index in [2.05, 4.69) is 5.32 Å². The number of Topliss-reactive ketones (excluding diaryl/α,β-unsaturated/α-hetero) is 1. The van der Waals surface area contributed by atoms with Crippen LogP contribution in [0.3, 0.4) is 0 Å². The molecule has 150 valence electrons. The maximum absolute atomic E-state index is 13.0. The van der Waals surface area contributed by atoms with Crippen molar-refractivity contribution in [3.8, 4) is 10.8 Å². The molecule has 0 bridgehead atoms. The fourth-order valence-electron chi connectivity index (χ4n) is 2.64. The minimum Gasteiger partial charge on any atom is -0.499 e. The number of aliphatic carboxylic acids is 1. The first-order chi connectivity index (χ1) is 12.9. The van der Waals surface area contributed by atoms with Crippen molar-refractivity contribution in [2.24, 2.45) is 0 Å². The maximum Gasteiger partial charge on any atom is 0.344 e. The average molecular weight is 405 g/mol. The van der Waals surface area contributed by atoms with E-state index < -0.39 is 23.5 Å². The molecule has 2 rings (SSSR count). The van der Waals surface area contributed by atoms with E-state index >= 15 is 0 Å². The number of ketones is 1. The second-order valence-corrected chi connectivity index (χ2v) is 8.11. The molecule has 3 N–H and O–H groups in total. The van der Waals surface area contributed by atoms with Gasteiger partial charge >= 0.3 is 5.97 Å². The van der Waals surface area contributed by atoms with Gasteiger partial charge in [-0.15, -0.1) is 0 Å². The maximum atomic E-state index is 13.0. The van der Waals surface area contributed by atoms with Crippen LogP contribution in [0.5, 0.6) is 10.8 Å². The first kappa shape index (κ1) is 21.4. The Morgan fingerprint density at radius 3 is 2.29 bits per heavy atom. The number of thiophene rings is 1. The van der Waals surface area contributed by atoms with Gasteiger partial charge in [0.05, 0.1) is 10.4 Å². The topological polar surface area (TPSA) is 113 Å². The SMILES string of the molecule is Cc1cc(OC(C)C(=O)O)ccc1C(=O)C(C)(C)NC(=O)c1sc(O)cc1C. The number of hydrogen-bond donors (Lipinski definition) is 3. The number of carboxylic acids is 1. The zero-order chi connectivity index (χ0) is 21.2. The minimum atomic E-state index is -1.19. The Morgan fingerprint density at radius 2 is 1.79 bits per heavy atom. The van der Waals surface area contributed by atoms with Crippen LogP contribution in [-0.4, -0.2) is 39.5 Å².